The van der Waals surface area contributed by atoms with Crippen LogP contribution < -0.4 is 10.2 Å². The molecule has 0 aliphatic carbocycles. The lowest BCUT2D eigenvalue weighted by Crippen LogP contribution is -2.13. The van der Waals surface area contributed by atoms with Crippen LogP contribution in [0.4, 0.5) is 13.2 Å². The van der Waals surface area contributed by atoms with Crippen molar-refractivity contribution in [1.82, 2.24) is 0 Å². The maximum atomic E-state index is 12.4. The summed E-state index contributed by atoms with van der Waals surface area (Å²) >= 11 is 0. The summed E-state index contributed by atoms with van der Waals surface area (Å²) in [4.78, 5) is 0. The molecule has 0 aromatic heterocycles. The minimum absolute atomic E-state index is 0.0702. The Morgan fingerprint density at radius 2 is 2.00 bits per heavy atom. The van der Waals surface area contributed by atoms with E-state index in [0.717, 1.165) is 6.07 Å². The minimum Gasteiger partial charge on any atom is -0.493 e. The average molecular weight is 200 g/mol. The number of rotatable bonds is 2. The lowest BCUT2D eigenvalue weighted by molar-refractivity contribution is -0.138. The predicted octanol–water partition coefficient (Wildman–Crippen LogP) is 1.90. The standard InChI is InChI=1S/C9H8BF3O/c1-2-14-8-4-3-6(10)5-7(8)9(11,12)13/h3-5H,2H2,1H3. The Morgan fingerprint density at radius 3 is 2.50 bits per heavy atom. The van der Waals surface area contributed by atoms with E-state index in [1.807, 2.05) is 0 Å². The van der Waals surface area contributed by atoms with E-state index in [1.165, 1.54) is 12.1 Å². The van der Waals surface area contributed by atoms with E-state index >= 15 is 0 Å². The fourth-order valence-electron chi connectivity index (χ4n) is 1.05. The molecule has 0 N–H and O–H groups in total. The third-order valence-electron chi connectivity index (χ3n) is 1.61. The molecule has 1 rings (SSSR count). The molecule has 0 aliphatic heterocycles. The van der Waals surface area contributed by atoms with Gasteiger partial charge in [-0.05, 0) is 13.0 Å². The van der Waals surface area contributed by atoms with E-state index in [0.29, 0.717) is 0 Å². The second-order valence-electron chi connectivity index (χ2n) is 2.69. The average Bonchev–Trinajstić information content (AvgIpc) is 2.07. The SMILES string of the molecule is [B]c1ccc(OCC)c(C(F)(F)F)c1. The summed E-state index contributed by atoms with van der Waals surface area (Å²) in [5, 5.41) is 0. The molecule has 0 saturated carbocycles. The van der Waals surface area contributed by atoms with Gasteiger partial charge in [0, 0.05) is 0 Å². The second kappa shape index (κ2) is 3.94. The van der Waals surface area contributed by atoms with Gasteiger partial charge in [-0.3, -0.25) is 0 Å². The lowest BCUT2D eigenvalue weighted by atomic mass is 9.94. The highest BCUT2D eigenvalue weighted by Gasteiger charge is 2.34. The van der Waals surface area contributed by atoms with Crippen LogP contribution in [0.3, 0.4) is 0 Å². The highest BCUT2D eigenvalue weighted by molar-refractivity contribution is 6.32. The Morgan fingerprint density at radius 1 is 1.36 bits per heavy atom. The summed E-state index contributed by atoms with van der Waals surface area (Å²) in [7, 11) is 5.26. The molecule has 74 valence electrons. The van der Waals surface area contributed by atoms with E-state index in [1.54, 1.807) is 6.92 Å². The largest absolute Gasteiger partial charge is 0.493 e. The Labute approximate surface area is 81.3 Å². The summed E-state index contributed by atoms with van der Waals surface area (Å²) < 4.78 is 42.1. The van der Waals surface area contributed by atoms with Gasteiger partial charge in [-0.2, -0.15) is 13.2 Å². The Hall–Kier alpha value is -1.13. The van der Waals surface area contributed by atoms with Gasteiger partial charge in [-0.25, -0.2) is 0 Å². The monoisotopic (exact) mass is 200 g/mol. The van der Waals surface area contributed by atoms with Crippen LogP contribution in [0.25, 0.3) is 0 Å². The Bertz CT molecular complexity index is 322. The molecule has 1 nitrogen and oxygen atoms in total. The smallest absolute Gasteiger partial charge is 0.419 e. The van der Waals surface area contributed by atoms with Crippen LogP contribution in [0, 0.1) is 0 Å². The molecule has 1 aromatic rings. The molecular weight excluding hydrogens is 192 g/mol. The quantitative estimate of drug-likeness (QED) is 0.662. The van der Waals surface area contributed by atoms with Crippen LogP contribution >= 0.6 is 0 Å². The van der Waals surface area contributed by atoms with Gasteiger partial charge in [-0.1, -0.05) is 17.6 Å². The molecule has 5 heteroatoms. The highest BCUT2D eigenvalue weighted by Crippen LogP contribution is 2.35. The van der Waals surface area contributed by atoms with Gasteiger partial charge in [0.2, 0.25) is 0 Å². The molecule has 0 atom stereocenters. The van der Waals surface area contributed by atoms with Gasteiger partial charge in [0.25, 0.3) is 0 Å². The fourth-order valence-corrected chi connectivity index (χ4v) is 1.05. The maximum Gasteiger partial charge on any atom is 0.419 e. The maximum absolute atomic E-state index is 12.4. The van der Waals surface area contributed by atoms with Crippen LogP contribution in [0.2, 0.25) is 0 Å². The molecule has 0 saturated heterocycles. The first-order valence-electron chi connectivity index (χ1n) is 4.04. The number of ether oxygens (including phenoxy) is 1. The van der Waals surface area contributed by atoms with Crippen LogP contribution in [0.15, 0.2) is 18.2 Å². The summed E-state index contributed by atoms with van der Waals surface area (Å²) in [6.07, 6.45) is -4.43. The van der Waals surface area contributed by atoms with Gasteiger partial charge in [0.05, 0.1) is 12.2 Å². The Balaban J connectivity index is 3.16. The molecule has 0 unspecified atom stereocenters. The summed E-state index contributed by atoms with van der Waals surface area (Å²) in [5.74, 6) is -0.186. The van der Waals surface area contributed by atoms with E-state index in [2.05, 4.69) is 0 Å². The van der Waals surface area contributed by atoms with Crippen molar-refractivity contribution in [2.75, 3.05) is 6.61 Å². The van der Waals surface area contributed by atoms with Crippen molar-refractivity contribution in [3.05, 3.63) is 23.8 Å². The van der Waals surface area contributed by atoms with E-state index < -0.39 is 11.7 Å². The van der Waals surface area contributed by atoms with Crippen LogP contribution in [-0.4, -0.2) is 14.5 Å². The lowest BCUT2D eigenvalue weighted by Gasteiger charge is -2.13. The number of halogens is 3. The zero-order valence-corrected chi connectivity index (χ0v) is 7.56. The van der Waals surface area contributed by atoms with E-state index in [9.17, 15) is 13.2 Å². The third-order valence-corrected chi connectivity index (χ3v) is 1.61. The van der Waals surface area contributed by atoms with E-state index in [4.69, 9.17) is 12.6 Å². The number of hydrogen-bond donors (Lipinski definition) is 0. The summed E-state index contributed by atoms with van der Waals surface area (Å²) in [6.45, 7) is 1.81. The molecule has 14 heavy (non-hydrogen) atoms. The predicted molar refractivity (Wildman–Crippen MR) is 48.0 cm³/mol. The number of hydrogen-bond acceptors (Lipinski definition) is 1. The minimum atomic E-state index is -4.43. The molecular formula is C9H8BF3O. The zero-order chi connectivity index (χ0) is 10.8. The van der Waals surface area contributed by atoms with Crippen molar-refractivity contribution < 1.29 is 17.9 Å². The normalized spacial score (nSPS) is 11.4. The van der Waals surface area contributed by atoms with Crippen LogP contribution in [0.5, 0.6) is 5.75 Å². The summed E-state index contributed by atoms with van der Waals surface area (Å²) in [5.41, 5.74) is -0.764. The van der Waals surface area contributed by atoms with Crippen molar-refractivity contribution in [2.24, 2.45) is 0 Å². The second-order valence-corrected chi connectivity index (χ2v) is 2.69. The van der Waals surface area contributed by atoms with Crippen molar-refractivity contribution >= 4 is 13.3 Å². The Kier molecular flexibility index (Phi) is 3.08. The van der Waals surface area contributed by atoms with Crippen molar-refractivity contribution in [1.29, 1.82) is 0 Å². The zero-order valence-electron chi connectivity index (χ0n) is 7.56. The van der Waals surface area contributed by atoms with Gasteiger partial charge in [-0.15, -0.1) is 0 Å². The highest BCUT2D eigenvalue weighted by atomic mass is 19.4. The van der Waals surface area contributed by atoms with Gasteiger partial charge in [0.1, 0.15) is 13.6 Å². The van der Waals surface area contributed by atoms with Gasteiger partial charge in [0.15, 0.2) is 0 Å². The van der Waals surface area contributed by atoms with Crippen LogP contribution in [0.1, 0.15) is 12.5 Å². The van der Waals surface area contributed by atoms with Gasteiger partial charge >= 0.3 is 6.18 Å². The first kappa shape index (κ1) is 11.0. The van der Waals surface area contributed by atoms with Crippen molar-refractivity contribution in [2.45, 2.75) is 13.1 Å². The number of benzene rings is 1. The molecule has 0 amide bonds. The third kappa shape index (κ3) is 2.43. The van der Waals surface area contributed by atoms with Crippen LogP contribution in [-0.2, 0) is 6.18 Å². The topological polar surface area (TPSA) is 9.23 Å². The van der Waals surface area contributed by atoms with Gasteiger partial charge < -0.3 is 4.74 Å². The molecule has 0 bridgehead atoms. The molecule has 0 heterocycles. The van der Waals surface area contributed by atoms with Crippen molar-refractivity contribution in [3.8, 4) is 5.75 Å². The molecule has 0 fully saturated rings. The first-order valence-corrected chi connectivity index (χ1v) is 4.04. The molecule has 0 spiro atoms. The van der Waals surface area contributed by atoms with Crippen molar-refractivity contribution in [3.63, 3.8) is 0 Å². The summed E-state index contributed by atoms with van der Waals surface area (Å²) in [6, 6.07) is 3.47. The molecule has 1 aromatic carbocycles. The number of alkyl halides is 3. The van der Waals surface area contributed by atoms with E-state index in [-0.39, 0.29) is 17.8 Å². The molecule has 2 radical (unpaired) electrons. The fraction of sp³-hybridized carbons (Fsp3) is 0.333. The molecule has 0 aliphatic rings. The first-order chi connectivity index (χ1) is 6.45.